The molecule has 3 rings (SSSR count). The fourth-order valence-electron chi connectivity index (χ4n) is 4.55. The Labute approximate surface area is 249 Å². The Morgan fingerprint density at radius 3 is 2.21 bits per heavy atom. The first-order chi connectivity index (χ1) is 20.0. The fourth-order valence-corrected chi connectivity index (χ4v) is 5.40. The molecule has 0 saturated carbocycles. The van der Waals surface area contributed by atoms with Gasteiger partial charge in [-0.25, -0.2) is 8.42 Å². The van der Waals surface area contributed by atoms with Crippen LogP contribution in [0.5, 0.6) is 11.5 Å². The molecule has 3 aromatic carbocycles. The van der Waals surface area contributed by atoms with E-state index in [-0.39, 0.29) is 36.4 Å². The average Bonchev–Trinajstić information content (AvgIpc) is 2.97. The van der Waals surface area contributed by atoms with Crippen LogP contribution in [0.4, 0.5) is 5.69 Å². The molecule has 0 saturated heterocycles. The van der Waals surface area contributed by atoms with E-state index < -0.39 is 28.5 Å². The van der Waals surface area contributed by atoms with Gasteiger partial charge in [0, 0.05) is 25.1 Å². The number of carbonyl (C=O) groups excluding carboxylic acids is 2. The van der Waals surface area contributed by atoms with Crippen LogP contribution in [-0.2, 0) is 32.6 Å². The average molecular weight is 596 g/mol. The van der Waals surface area contributed by atoms with Crippen molar-refractivity contribution < 1.29 is 27.5 Å². The monoisotopic (exact) mass is 595 g/mol. The van der Waals surface area contributed by atoms with Crippen molar-refractivity contribution in [2.24, 2.45) is 0 Å². The third-order valence-corrected chi connectivity index (χ3v) is 8.33. The lowest BCUT2D eigenvalue weighted by molar-refractivity contribution is -0.140. The van der Waals surface area contributed by atoms with E-state index in [2.05, 4.69) is 5.32 Å². The zero-order chi connectivity index (χ0) is 30.9. The van der Waals surface area contributed by atoms with Crippen LogP contribution in [0.3, 0.4) is 0 Å². The quantitative estimate of drug-likeness (QED) is 0.298. The smallest absolute Gasteiger partial charge is 0.244 e. The van der Waals surface area contributed by atoms with Crippen LogP contribution in [0, 0.1) is 6.92 Å². The Hall–Kier alpha value is -4.05. The number of methoxy groups -OCH3 is 2. The predicted molar refractivity (Wildman–Crippen MR) is 165 cm³/mol. The summed E-state index contributed by atoms with van der Waals surface area (Å²) in [4.78, 5) is 29.6. The molecule has 42 heavy (non-hydrogen) atoms. The van der Waals surface area contributed by atoms with Crippen molar-refractivity contribution in [2.45, 2.75) is 52.2 Å². The molecule has 9 nitrogen and oxygen atoms in total. The molecular formula is C32H41N3O6S. The summed E-state index contributed by atoms with van der Waals surface area (Å²) in [6.45, 7) is 5.39. The molecule has 0 aromatic heterocycles. The molecule has 0 bridgehead atoms. The van der Waals surface area contributed by atoms with Gasteiger partial charge in [-0.2, -0.15) is 0 Å². The van der Waals surface area contributed by atoms with Crippen LogP contribution in [0.2, 0.25) is 0 Å². The van der Waals surface area contributed by atoms with E-state index in [1.165, 1.54) is 25.2 Å². The topological polar surface area (TPSA) is 105 Å². The van der Waals surface area contributed by atoms with E-state index in [9.17, 15) is 18.0 Å². The van der Waals surface area contributed by atoms with Crippen LogP contribution in [-0.4, -0.2) is 64.2 Å². The lowest BCUT2D eigenvalue weighted by Gasteiger charge is -2.34. The number of ether oxygens (including phenoxy) is 2. The minimum Gasteiger partial charge on any atom is -0.497 e. The molecule has 1 N–H and O–H groups in total. The fraction of sp³-hybridized carbons (Fsp3) is 0.375. The predicted octanol–water partition coefficient (Wildman–Crippen LogP) is 4.33. The summed E-state index contributed by atoms with van der Waals surface area (Å²) in [7, 11) is -1.07. The molecular weight excluding hydrogens is 554 g/mol. The van der Waals surface area contributed by atoms with Gasteiger partial charge in [-0.05, 0) is 49.1 Å². The van der Waals surface area contributed by atoms with Gasteiger partial charge in [0.25, 0.3) is 0 Å². The summed E-state index contributed by atoms with van der Waals surface area (Å²) >= 11 is 0. The zero-order valence-electron chi connectivity index (χ0n) is 25.2. The van der Waals surface area contributed by atoms with E-state index >= 15 is 0 Å². The first kappa shape index (κ1) is 32.5. The zero-order valence-corrected chi connectivity index (χ0v) is 26.0. The Morgan fingerprint density at radius 2 is 1.62 bits per heavy atom. The van der Waals surface area contributed by atoms with Crippen molar-refractivity contribution >= 4 is 27.5 Å². The highest BCUT2D eigenvalue weighted by atomic mass is 32.2. The maximum absolute atomic E-state index is 14.3. The molecule has 0 aliphatic heterocycles. The molecule has 0 unspecified atom stereocenters. The van der Waals surface area contributed by atoms with Gasteiger partial charge in [-0.1, -0.05) is 61.5 Å². The number of hydrogen-bond acceptors (Lipinski definition) is 6. The van der Waals surface area contributed by atoms with Crippen LogP contribution >= 0.6 is 0 Å². The maximum Gasteiger partial charge on any atom is 0.244 e. The Morgan fingerprint density at radius 1 is 0.952 bits per heavy atom. The molecule has 2 atom stereocenters. The van der Waals surface area contributed by atoms with Crippen molar-refractivity contribution in [1.82, 2.24) is 10.2 Å². The summed E-state index contributed by atoms with van der Waals surface area (Å²) in [6, 6.07) is 20.8. The maximum atomic E-state index is 14.3. The van der Waals surface area contributed by atoms with E-state index in [0.717, 1.165) is 27.3 Å². The molecule has 0 heterocycles. The molecule has 0 radical (unpaired) electrons. The second-order valence-electron chi connectivity index (χ2n) is 10.3. The number of rotatable bonds is 14. The number of amides is 2. The molecule has 10 heteroatoms. The van der Waals surface area contributed by atoms with Crippen molar-refractivity contribution in [2.75, 3.05) is 31.3 Å². The highest BCUT2D eigenvalue weighted by Gasteiger charge is 2.34. The number of anilines is 1. The first-order valence-corrected chi connectivity index (χ1v) is 15.7. The minimum absolute atomic E-state index is 0.111. The largest absolute Gasteiger partial charge is 0.497 e. The van der Waals surface area contributed by atoms with Crippen LogP contribution < -0.4 is 19.1 Å². The van der Waals surface area contributed by atoms with Gasteiger partial charge in [0.15, 0.2) is 0 Å². The van der Waals surface area contributed by atoms with Crippen molar-refractivity contribution in [1.29, 1.82) is 0 Å². The third-order valence-electron chi connectivity index (χ3n) is 7.21. The highest BCUT2D eigenvalue weighted by molar-refractivity contribution is 7.92. The second-order valence-corrected chi connectivity index (χ2v) is 12.2. The standard InChI is InChI=1S/C32H41N3O6S/c1-7-24(3)33-32(37)29(19-25-14-9-8-10-15-25)34(21-26-16-12-11-13-23(26)2)31(36)22-35(42(6,38)39)28-20-27(40-4)17-18-30(28)41-5/h8-18,20,24,29H,7,19,21-22H2,1-6H3,(H,33,37)/t24-,29+/m1/s1. The number of nitrogens with one attached hydrogen (secondary N) is 1. The van der Waals surface area contributed by atoms with Crippen molar-refractivity contribution in [3.8, 4) is 11.5 Å². The van der Waals surface area contributed by atoms with Crippen molar-refractivity contribution in [3.05, 3.63) is 89.5 Å². The second kappa shape index (κ2) is 14.7. The number of nitrogens with zero attached hydrogens (tertiary/aromatic N) is 2. The molecule has 3 aromatic rings. The Bertz CT molecular complexity index is 1460. The summed E-state index contributed by atoms with van der Waals surface area (Å²) in [6.07, 6.45) is 2.00. The Kier molecular flexibility index (Phi) is 11.4. The van der Waals surface area contributed by atoms with Gasteiger partial charge in [0.2, 0.25) is 21.8 Å². The van der Waals surface area contributed by atoms with Gasteiger partial charge in [0.05, 0.1) is 26.2 Å². The van der Waals surface area contributed by atoms with Crippen molar-refractivity contribution in [3.63, 3.8) is 0 Å². The molecule has 2 amide bonds. The van der Waals surface area contributed by atoms with E-state index in [1.54, 1.807) is 12.1 Å². The SMILES string of the molecule is CC[C@@H](C)NC(=O)[C@H](Cc1ccccc1)N(Cc1ccccc1C)C(=O)CN(c1cc(OC)ccc1OC)S(C)(=O)=O. The van der Waals surface area contributed by atoms with Gasteiger partial charge in [-0.3, -0.25) is 13.9 Å². The molecule has 0 spiro atoms. The lowest BCUT2D eigenvalue weighted by Crippen LogP contribution is -2.54. The van der Waals surface area contributed by atoms with E-state index in [4.69, 9.17) is 9.47 Å². The normalized spacial score (nSPS) is 12.6. The number of hydrogen-bond donors (Lipinski definition) is 1. The number of aryl methyl sites for hydroxylation is 1. The molecule has 226 valence electrons. The Balaban J connectivity index is 2.12. The minimum atomic E-state index is -3.96. The third kappa shape index (κ3) is 8.48. The van der Waals surface area contributed by atoms with Crippen LogP contribution in [0.1, 0.15) is 37.0 Å². The summed E-state index contributed by atoms with van der Waals surface area (Å²) < 4.78 is 38.0. The van der Waals surface area contributed by atoms with Gasteiger partial charge in [-0.15, -0.1) is 0 Å². The number of benzene rings is 3. The molecule has 0 fully saturated rings. The number of sulfonamides is 1. The van der Waals surface area contributed by atoms with Gasteiger partial charge < -0.3 is 19.7 Å². The van der Waals surface area contributed by atoms with E-state index in [0.29, 0.717) is 12.2 Å². The van der Waals surface area contributed by atoms with Crippen LogP contribution in [0.15, 0.2) is 72.8 Å². The summed E-state index contributed by atoms with van der Waals surface area (Å²) in [5.41, 5.74) is 2.83. The lowest BCUT2D eigenvalue weighted by atomic mass is 10.0. The molecule has 0 aliphatic rings. The van der Waals surface area contributed by atoms with Gasteiger partial charge in [0.1, 0.15) is 24.1 Å². The summed E-state index contributed by atoms with van der Waals surface area (Å²) in [5, 5.41) is 3.03. The summed E-state index contributed by atoms with van der Waals surface area (Å²) in [5.74, 6) is -0.179. The first-order valence-electron chi connectivity index (χ1n) is 13.9. The highest BCUT2D eigenvalue weighted by Crippen LogP contribution is 2.34. The number of carbonyl (C=O) groups is 2. The van der Waals surface area contributed by atoms with Gasteiger partial charge >= 0.3 is 0 Å². The molecule has 0 aliphatic carbocycles. The van der Waals surface area contributed by atoms with E-state index in [1.807, 2.05) is 75.4 Å². The van der Waals surface area contributed by atoms with Crippen LogP contribution in [0.25, 0.3) is 0 Å².